The number of nitrogens with one attached hydrogen (secondary N) is 3. The molecule has 0 radical (unpaired) electrons. The summed E-state index contributed by atoms with van der Waals surface area (Å²) in [5.74, 6) is 0.982. The Kier molecular flexibility index (Phi) is 12.5. The molecule has 0 fully saturated rings. The van der Waals surface area contributed by atoms with Gasteiger partial charge in [0.2, 0.25) is 6.79 Å². The van der Waals surface area contributed by atoms with Crippen molar-refractivity contribution in [2.75, 3.05) is 50.8 Å². The monoisotopic (exact) mass is 655 g/mol. The second-order valence-corrected chi connectivity index (χ2v) is 12.6. The Morgan fingerprint density at radius 2 is 1.68 bits per heavy atom. The smallest absolute Gasteiger partial charge is 0.323 e. The van der Waals surface area contributed by atoms with Crippen molar-refractivity contribution in [2.24, 2.45) is 5.92 Å². The van der Waals surface area contributed by atoms with Crippen LogP contribution in [0.5, 0.6) is 17.2 Å². The minimum atomic E-state index is -0.531. The van der Waals surface area contributed by atoms with E-state index in [1.807, 2.05) is 27.7 Å². The highest BCUT2D eigenvalue weighted by Crippen LogP contribution is 2.34. The zero-order valence-electron chi connectivity index (χ0n) is 28.2. The van der Waals surface area contributed by atoms with Crippen molar-refractivity contribution >= 4 is 29.3 Å². The average Bonchev–Trinajstić information content (AvgIpc) is 3.50. The first-order valence-electron chi connectivity index (χ1n) is 16.3. The summed E-state index contributed by atoms with van der Waals surface area (Å²) in [6.07, 6.45) is 1.85. The maximum Gasteiger partial charge on any atom is 0.323 e. The minimum absolute atomic E-state index is 0.00999. The number of likely N-dealkylation sites (N-methyl/N-ethyl adjacent to an activating group) is 1. The molecule has 4 rings (SSSR count). The molecule has 2 aromatic rings. The fraction of sp³-hybridized carbons (Fsp3) is 0.559. The topological polar surface area (TPSA) is 151 Å². The summed E-state index contributed by atoms with van der Waals surface area (Å²) in [4.78, 5) is 43.2. The Hall–Kier alpha value is -4.23. The third-order valence-corrected chi connectivity index (χ3v) is 8.15. The lowest BCUT2D eigenvalue weighted by Crippen LogP contribution is -2.49. The van der Waals surface area contributed by atoms with Gasteiger partial charge in [-0.1, -0.05) is 6.92 Å². The molecule has 5 amide bonds. The van der Waals surface area contributed by atoms with Gasteiger partial charge in [-0.3, -0.25) is 4.79 Å². The first kappa shape index (κ1) is 35.6. The summed E-state index contributed by atoms with van der Waals surface area (Å²) < 4.78 is 23.3. The summed E-state index contributed by atoms with van der Waals surface area (Å²) in [5, 5.41) is 18.7. The van der Waals surface area contributed by atoms with Crippen molar-refractivity contribution in [2.45, 2.75) is 78.2 Å². The van der Waals surface area contributed by atoms with Gasteiger partial charge in [0.25, 0.3) is 5.91 Å². The second kappa shape index (κ2) is 16.6. The van der Waals surface area contributed by atoms with Crippen molar-refractivity contribution in [3.8, 4) is 17.2 Å². The molecule has 4 atom stereocenters. The molecule has 0 saturated heterocycles. The molecular weight excluding hydrogens is 606 g/mol. The number of anilines is 2. The van der Waals surface area contributed by atoms with E-state index in [-0.39, 0.29) is 61.6 Å². The van der Waals surface area contributed by atoms with Crippen molar-refractivity contribution in [3.05, 3.63) is 42.0 Å². The van der Waals surface area contributed by atoms with Crippen LogP contribution in [0.25, 0.3) is 0 Å². The van der Waals surface area contributed by atoms with Crippen molar-refractivity contribution in [1.82, 2.24) is 15.1 Å². The van der Waals surface area contributed by atoms with E-state index in [4.69, 9.17) is 18.9 Å². The first-order valence-corrected chi connectivity index (χ1v) is 16.3. The maximum absolute atomic E-state index is 14.3. The second-order valence-electron chi connectivity index (χ2n) is 12.6. The van der Waals surface area contributed by atoms with Crippen LogP contribution >= 0.6 is 0 Å². The molecule has 0 bridgehead atoms. The largest absolute Gasteiger partial charge is 0.490 e. The van der Waals surface area contributed by atoms with Gasteiger partial charge in [-0.05, 0) is 77.3 Å². The Balaban J connectivity index is 1.58. The number of fused-ring (bicyclic) bond motifs is 2. The summed E-state index contributed by atoms with van der Waals surface area (Å²) in [7, 11) is 1.73. The molecule has 13 nitrogen and oxygen atoms in total. The van der Waals surface area contributed by atoms with Gasteiger partial charge >= 0.3 is 12.1 Å². The lowest BCUT2D eigenvalue weighted by Gasteiger charge is -2.36. The van der Waals surface area contributed by atoms with E-state index >= 15 is 0 Å². The van der Waals surface area contributed by atoms with E-state index in [2.05, 4.69) is 16.0 Å². The van der Waals surface area contributed by atoms with Crippen molar-refractivity contribution in [1.29, 1.82) is 0 Å². The van der Waals surface area contributed by atoms with Crippen LogP contribution < -0.4 is 30.2 Å². The van der Waals surface area contributed by atoms with E-state index in [0.717, 1.165) is 19.3 Å². The fourth-order valence-corrected chi connectivity index (χ4v) is 5.44. The van der Waals surface area contributed by atoms with Crippen molar-refractivity contribution in [3.63, 3.8) is 0 Å². The minimum Gasteiger partial charge on any atom is -0.490 e. The average molecular weight is 656 g/mol. The number of rotatable bonds is 7. The Bertz CT molecular complexity index is 1390. The highest BCUT2D eigenvalue weighted by atomic mass is 16.7. The molecule has 47 heavy (non-hydrogen) atoms. The predicted octanol–water partition coefficient (Wildman–Crippen LogP) is 4.90. The van der Waals surface area contributed by atoms with Crippen molar-refractivity contribution < 1.29 is 38.4 Å². The Morgan fingerprint density at radius 3 is 2.38 bits per heavy atom. The van der Waals surface area contributed by atoms with Gasteiger partial charge in [-0.15, -0.1) is 0 Å². The molecule has 13 heteroatoms. The lowest BCUT2D eigenvalue weighted by atomic mass is 10.0. The molecule has 0 aromatic heterocycles. The summed E-state index contributed by atoms with van der Waals surface area (Å²) in [5.41, 5.74) is 1.16. The van der Waals surface area contributed by atoms with E-state index in [1.165, 1.54) is 0 Å². The van der Waals surface area contributed by atoms with Gasteiger partial charge in [0.1, 0.15) is 5.75 Å². The van der Waals surface area contributed by atoms with Gasteiger partial charge in [-0.2, -0.15) is 0 Å². The van der Waals surface area contributed by atoms with E-state index in [1.54, 1.807) is 60.2 Å². The summed E-state index contributed by atoms with van der Waals surface area (Å²) >= 11 is 0. The van der Waals surface area contributed by atoms with Crippen LogP contribution in [0.3, 0.4) is 0 Å². The number of hydrogen-bond donors (Lipinski definition) is 4. The van der Waals surface area contributed by atoms with Crippen LogP contribution in [-0.2, 0) is 4.74 Å². The third-order valence-electron chi connectivity index (χ3n) is 8.15. The molecule has 2 aliphatic heterocycles. The molecule has 0 saturated carbocycles. The van der Waals surface area contributed by atoms with Crippen LogP contribution in [0, 0.1) is 5.92 Å². The quantitative estimate of drug-likeness (QED) is 0.329. The number of carbonyl (C=O) groups excluding carboxylic acids is 3. The number of nitrogens with zero attached hydrogens (tertiary/aromatic N) is 2. The molecule has 2 heterocycles. The van der Waals surface area contributed by atoms with Crippen LogP contribution in [0.2, 0.25) is 0 Å². The molecule has 0 spiro atoms. The molecule has 0 unspecified atom stereocenters. The van der Waals surface area contributed by atoms with Gasteiger partial charge in [0.15, 0.2) is 11.5 Å². The highest BCUT2D eigenvalue weighted by Gasteiger charge is 2.31. The van der Waals surface area contributed by atoms with Crippen LogP contribution in [0.1, 0.15) is 64.2 Å². The van der Waals surface area contributed by atoms with Crippen LogP contribution in [-0.4, -0.2) is 97.3 Å². The zero-order chi connectivity index (χ0) is 34.1. The number of carbonyl (C=O) groups is 3. The number of benzene rings is 2. The molecule has 0 aliphatic carbocycles. The first-order chi connectivity index (χ1) is 22.4. The SMILES string of the molecule is CC(C)NC(=O)N(C)C[C@@H]1OCCCC[C@@H](C)Oc2ccc(NC(=O)Nc3ccc4c(c3)OCO4)cc2C(=O)N([C@@H](C)CO)C[C@@H]1C. The Labute approximate surface area is 276 Å². The molecular formula is C34H49N5O8. The van der Waals surface area contributed by atoms with Gasteiger partial charge in [0.05, 0.1) is 30.4 Å². The van der Waals surface area contributed by atoms with Crippen LogP contribution in [0.15, 0.2) is 36.4 Å². The highest BCUT2D eigenvalue weighted by molar-refractivity contribution is 6.02. The third kappa shape index (κ3) is 9.88. The molecule has 4 N–H and O–H groups in total. The number of aliphatic hydroxyl groups excluding tert-OH is 1. The predicted molar refractivity (Wildman–Crippen MR) is 178 cm³/mol. The van der Waals surface area contributed by atoms with Crippen LogP contribution in [0.4, 0.5) is 21.0 Å². The Morgan fingerprint density at radius 1 is 1.00 bits per heavy atom. The maximum atomic E-state index is 14.3. The summed E-state index contributed by atoms with van der Waals surface area (Å²) in [6, 6.07) is 8.81. The zero-order valence-corrected chi connectivity index (χ0v) is 28.2. The van der Waals surface area contributed by atoms with E-state index in [9.17, 15) is 19.5 Å². The standard InChI is InChI=1S/C34H49N5O8/c1-21(2)35-34(43)38(6)18-31-22(3)17-39(23(4)19-40)32(41)27-15-25(10-12-28(27)47-24(5)9-7-8-14-44-31)36-33(42)37-26-11-13-29-30(16-26)46-20-45-29/h10-13,15-16,21-24,31,40H,7-9,14,17-20H2,1-6H3,(H,35,43)(H2,36,37,42)/t22-,23-,24+,31-/m0/s1. The lowest BCUT2D eigenvalue weighted by molar-refractivity contribution is -0.0122. The molecule has 2 aliphatic rings. The molecule has 258 valence electrons. The van der Waals surface area contributed by atoms with Gasteiger partial charge < -0.3 is 49.8 Å². The number of ether oxygens (including phenoxy) is 4. The number of hydrogen-bond acceptors (Lipinski definition) is 8. The van der Waals surface area contributed by atoms with Gasteiger partial charge in [-0.25, -0.2) is 9.59 Å². The summed E-state index contributed by atoms with van der Waals surface area (Å²) in [6.45, 7) is 10.5. The number of urea groups is 2. The van der Waals surface area contributed by atoms with Gasteiger partial charge in [0, 0.05) is 56.1 Å². The van der Waals surface area contributed by atoms with E-state index in [0.29, 0.717) is 41.8 Å². The molecule has 2 aromatic carbocycles. The van der Waals surface area contributed by atoms with E-state index < -0.39 is 12.1 Å². The fourth-order valence-electron chi connectivity index (χ4n) is 5.44. The normalized spacial score (nSPS) is 20.8. The number of aliphatic hydroxyl groups is 1. The number of amides is 5.